The normalized spacial score (nSPS) is 20.1. The summed E-state index contributed by atoms with van der Waals surface area (Å²) in [5.74, 6) is -0.644. The predicted molar refractivity (Wildman–Crippen MR) is 116 cm³/mol. The van der Waals surface area contributed by atoms with Gasteiger partial charge >= 0.3 is 0 Å². The number of aromatic nitrogens is 1. The van der Waals surface area contributed by atoms with Crippen LogP contribution in [0.5, 0.6) is 0 Å². The van der Waals surface area contributed by atoms with E-state index < -0.39 is 21.4 Å². The Morgan fingerprint density at radius 1 is 1.16 bits per heavy atom. The van der Waals surface area contributed by atoms with E-state index in [0.29, 0.717) is 28.3 Å². The summed E-state index contributed by atoms with van der Waals surface area (Å²) in [4.78, 5) is 34.6. The zero-order valence-corrected chi connectivity index (χ0v) is 18.7. The lowest BCUT2D eigenvalue weighted by Gasteiger charge is -2.40. The standard InChI is InChI=1S/C21H16ClN3O4S2/c1-31(28,29)17-7-11-30-18(17)20(27)25-10-9-24-19(26)15-6-8-23-12-16(15)21(24,25)13-2-4-14(22)5-3-13/h2-8,11-12H,9-10H2,1H3. The second-order valence-electron chi connectivity index (χ2n) is 7.40. The second kappa shape index (κ2) is 6.88. The van der Waals surface area contributed by atoms with Gasteiger partial charge in [-0.05, 0) is 29.6 Å². The fraction of sp³-hybridized carbons (Fsp3) is 0.190. The Hall–Kier alpha value is -2.75. The van der Waals surface area contributed by atoms with Crippen molar-refractivity contribution in [3.05, 3.63) is 80.8 Å². The van der Waals surface area contributed by atoms with Crippen molar-refractivity contribution in [2.75, 3.05) is 19.3 Å². The molecule has 31 heavy (non-hydrogen) atoms. The summed E-state index contributed by atoms with van der Waals surface area (Å²) in [7, 11) is -3.60. The van der Waals surface area contributed by atoms with Crippen molar-refractivity contribution in [3.8, 4) is 0 Å². The zero-order valence-electron chi connectivity index (χ0n) is 16.3. The minimum atomic E-state index is -3.60. The van der Waals surface area contributed by atoms with Crippen LogP contribution in [0.25, 0.3) is 0 Å². The van der Waals surface area contributed by atoms with E-state index in [0.717, 1.165) is 17.6 Å². The number of rotatable bonds is 3. The molecule has 4 heterocycles. The van der Waals surface area contributed by atoms with Gasteiger partial charge in [-0.15, -0.1) is 11.3 Å². The Kier molecular flexibility index (Phi) is 4.47. The van der Waals surface area contributed by atoms with Crippen LogP contribution in [0.1, 0.15) is 31.2 Å². The number of halogens is 1. The Bertz CT molecular complexity index is 1340. The maximum atomic E-state index is 13.8. The molecule has 1 aromatic carbocycles. The van der Waals surface area contributed by atoms with Gasteiger partial charge in [0.15, 0.2) is 15.5 Å². The van der Waals surface area contributed by atoms with Crippen molar-refractivity contribution in [3.63, 3.8) is 0 Å². The molecule has 158 valence electrons. The first-order chi connectivity index (χ1) is 14.8. The average Bonchev–Trinajstić information content (AvgIpc) is 3.43. The number of pyridine rings is 1. The molecular weight excluding hydrogens is 458 g/mol. The lowest BCUT2D eigenvalue weighted by molar-refractivity contribution is 0.0375. The van der Waals surface area contributed by atoms with Gasteiger partial charge in [-0.3, -0.25) is 14.6 Å². The van der Waals surface area contributed by atoms with E-state index >= 15 is 0 Å². The lowest BCUT2D eigenvalue weighted by atomic mass is 9.91. The number of hydrogen-bond acceptors (Lipinski definition) is 6. The Labute approximate surface area is 187 Å². The number of sulfone groups is 1. The molecule has 7 nitrogen and oxygen atoms in total. The highest BCUT2D eigenvalue weighted by molar-refractivity contribution is 7.91. The summed E-state index contributed by atoms with van der Waals surface area (Å²) < 4.78 is 24.5. The SMILES string of the molecule is CS(=O)(=O)c1ccsc1C(=O)N1CCN2C(=O)c3ccncc3C21c1ccc(Cl)cc1. The van der Waals surface area contributed by atoms with E-state index in [2.05, 4.69) is 4.98 Å². The monoisotopic (exact) mass is 473 g/mol. The van der Waals surface area contributed by atoms with Crippen molar-refractivity contribution in [2.45, 2.75) is 10.6 Å². The van der Waals surface area contributed by atoms with Crippen molar-refractivity contribution >= 4 is 44.6 Å². The number of benzene rings is 1. The molecule has 1 unspecified atom stereocenters. The molecule has 2 amide bonds. The van der Waals surface area contributed by atoms with Gasteiger partial charge in [-0.25, -0.2) is 8.42 Å². The number of amides is 2. The molecule has 0 saturated carbocycles. The van der Waals surface area contributed by atoms with Gasteiger partial charge in [0, 0.05) is 47.9 Å². The average molecular weight is 474 g/mol. The van der Waals surface area contributed by atoms with Crippen molar-refractivity contribution < 1.29 is 18.0 Å². The van der Waals surface area contributed by atoms with Crippen LogP contribution in [0.2, 0.25) is 5.02 Å². The zero-order chi connectivity index (χ0) is 22.0. The molecule has 1 fully saturated rings. The Morgan fingerprint density at radius 3 is 2.61 bits per heavy atom. The van der Waals surface area contributed by atoms with E-state index in [1.54, 1.807) is 57.9 Å². The van der Waals surface area contributed by atoms with Crippen LogP contribution in [0.3, 0.4) is 0 Å². The smallest absolute Gasteiger partial charge is 0.267 e. The first-order valence-corrected chi connectivity index (χ1v) is 12.5. The van der Waals surface area contributed by atoms with E-state index in [-0.39, 0.29) is 22.2 Å². The molecule has 2 aliphatic heterocycles. The summed E-state index contributed by atoms with van der Waals surface area (Å²) in [6.45, 7) is 0.560. The first kappa shape index (κ1) is 20.2. The van der Waals surface area contributed by atoms with Gasteiger partial charge in [-0.2, -0.15) is 0 Å². The van der Waals surface area contributed by atoms with Gasteiger partial charge in [0.05, 0.1) is 10.5 Å². The van der Waals surface area contributed by atoms with Crippen molar-refractivity contribution in [1.82, 2.24) is 14.8 Å². The molecule has 2 aromatic heterocycles. The van der Waals surface area contributed by atoms with Crippen LogP contribution in [-0.2, 0) is 15.5 Å². The predicted octanol–water partition coefficient (Wildman–Crippen LogP) is 3.01. The van der Waals surface area contributed by atoms with Crippen LogP contribution < -0.4 is 0 Å². The Balaban J connectivity index is 1.76. The summed E-state index contributed by atoms with van der Waals surface area (Å²) in [6.07, 6.45) is 4.22. The van der Waals surface area contributed by atoms with Crippen molar-refractivity contribution in [2.24, 2.45) is 0 Å². The number of carbonyl (C=O) groups excluding carboxylic acids is 2. The van der Waals surface area contributed by atoms with E-state index in [9.17, 15) is 18.0 Å². The van der Waals surface area contributed by atoms with Gasteiger partial charge in [-0.1, -0.05) is 23.7 Å². The molecule has 5 rings (SSSR count). The maximum absolute atomic E-state index is 13.8. The molecule has 0 aliphatic carbocycles. The molecule has 0 spiro atoms. The highest BCUT2D eigenvalue weighted by atomic mass is 35.5. The molecule has 0 bridgehead atoms. The summed E-state index contributed by atoms with van der Waals surface area (Å²) >= 11 is 7.17. The minimum Gasteiger partial charge on any atom is -0.306 e. The largest absolute Gasteiger partial charge is 0.306 e. The number of carbonyl (C=O) groups is 2. The number of thiophene rings is 1. The summed E-state index contributed by atoms with van der Waals surface area (Å²) in [6, 6.07) is 10.0. The summed E-state index contributed by atoms with van der Waals surface area (Å²) in [5, 5.41) is 2.11. The van der Waals surface area contributed by atoms with Crippen LogP contribution in [0.4, 0.5) is 0 Å². The molecule has 2 aliphatic rings. The molecule has 10 heteroatoms. The van der Waals surface area contributed by atoms with E-state index in [1.165, 1.54) is 6.07 Å². The molecular formula is C21H16ClN3O4S2. The van der Waals surface area contributed by atoms with E-state index in [4.69, 9.17) is 11.6 Å². The van der Waals surface area contributed by atoms with Crippen LogP contribution in [0, 0.1) is 0 Å². The van der Waals surface area contributed by atoms with Gasteiger partial charge in [0.25, 0.3) is 11.8 Å². The fourth-order valence-electron chi connectivity index (χ4n) is 4.48. The molecule has 0 N–H and O–H groups in total. The maximum Gasteiger partial charge on any atom is 0.267 e. The lowest BCUT2D eigenvalue weighted by Crippen LogP contribution is -2.51. The van der Waals surface area contributed by atoms with E-state index in [1.807, 2.05) is 0 Å². The third-order valence-electron chi connectivity index (χ3n) is 5.72. The fourth-order valence-corrected chi connectivity index (χ4v) is 6.76. The number of hydrogen-bond donors (Lipinski definition) is 0. The number of fused-ring (bicyclic) bond motifs is 3. The van der Waals surface area contributed by atoms with Crippen LogP contribution in [0.15, 0.2) is 59.1 Å². The summed E-state index contributed by atoms with van der Waals surface area (Å²) in [5.41, 5.74) is 0.518. The van der Waals surface area contributed by atoms with Gasteiger partial charge < -0.3 is 9.80 Å². The minimum absolute atomic E-state index is 0.0112. The van der Waals surface area contributed by atoms with Gasteiger partial charge in [0.1, 0.15) is 4.88 Å². The second-order valence-corrected chi connectivity index (χ2v) is 10.7. The molecule has 1 atom stereocenters. The third-order valence-corrected chi connectivity index (χ3v) is 8.14. The Morgan fingerprint density at radius 2 is 1.90 bits per heavy atom. The molecule has 3 aromatic rings. The molecule has 1 saturated heterocycles. The van der Waals surface area contributed by atoms with Crippen molar-refractivity contribution in [1.29, 1.82) is 0 Å². The van der Waals surface area contributed by atoms with Crippen LogP contribution >= 0.6 is 22.9 Å². The van der Waals surface area contributed by atoms with Crippen LogP contribution in [-0.4, -0.2) is 54.4 Å². The first-order valence-electron chi connectivity index (χ1n) is 9.38. The topological polar surface area (TPSA) is 87.7 Å². The highest BCUT2D eigenvalue weighted by Gasteiger charge is 2.60. The third kappa shape index (κ3) is 2.77. The molecule has 0 radical (unpaired) electrons. The van der Waals surface area contributed by atoms with Gasteiger partial charge in [0.2, 0.25) is 0 Å². The number of nitrogens with zero attached hydrogens (tertiary/aromatic N) is 3. The quantitative estimate of drug-likeness (QED) is 0.583. The highest BCUT2D eigenvalue weighted by Crippen LogP contribution is 2.50.